The molecule has 0 saturated carbocycles. The predicted octanol–water partition coefficient (Wildman–Crippen LogP) is 5.19. The maximum atomic E-state index is 13.2. The number of hydrogen-bond acceptors (Lipinski definition) is 4. The first-order chi connectivity index (χ1) is 14.0. The van der Waals surface area contributed by atoms with E-state index in [2.05, 4.69) is 0 Å². The standard InChI is InChI=1S/C24H22N2O2S/c1-4-22-25-23-19(13-21(29-23)17-8-6-5-7-9-17)24(28)26(22)14-20(27)18-11-10-15(2)16(3)12-18/h5-13H,4,14H2,1-3H3. The van der Waals surface area contributed by atoms with Crippen molar-refractivity contribution in [3.63, 3.8) is 0 Å². The monoisotopic (exact) mass is 402 g/mol. The summed E-state index contributed by atoms with van der Waals surface area (Å²) in [4.78, 5) is 32.5. The van der Waals surface area contributed by atoms with Crippen molar-refractivity contribution in [2.24, 2.45) is 0 Å². The number of carbonyl (C=O) groups is 1. The predicted molar refractivity (Wildman–Crippen MR) is 119 cm³/mol. The van der Waals surface area contributed by atoms with Crippen LogP contribution in [-0.2, 0) is 13.0 Å². The number of thiophene rings is 1. The van der Waals surface area contributed by atoms with E-state index in [0.29, 0.717) is 23.2 Å². The van der Waals surface area contributed by atoms with Gasteiger partial charge in [-0.3, -0.25) is 14.2 Å². The van der Waals surface area contributed by atoms with Crippen LogP contribution >= 0.6 is 11.3 Å². The fraction of sp³-hybridized carbons (Fsp3) is 0.208. The third-order valence-corrected chi connectivity index (χ3v) is 6.31. The minimum absolute atomic E-state index is 0.00393. The molecule has 29 heavy (non-hydrogen) atoms. The minimum Gasteiger partial charge on any atom is -0.292 e. The van der Waals surface area contributed by atoms with E-state index < -0.39 is 0 Å². The average Bonchev–Trinajstić information content (AvgIpc) is 3.17. The van der Waals surface area contributed by atoms with E-state index in [-0.39, 0.29) is 17.9 Å². The summed E-state index contributed by atoms with van der Waals surface area (Å²) in [6.07, 6.45) is 0.587. The van der Waals surface area contributed by atoms with Crippen molar-refractivity contribution in [2.75, 3.05) is 0 Å². The Morgan fingerprint density at radius 3 is 2.48 bits per heavy atom. The highest BCUT2D eigenvalue weighted by molar-refractivity contribution is 7.21. The van der Waals surface area contributed by atoms with E-state index in [9.17, 15) is 9.59 Å². The Kier molecular flexibility index (Phi) is 5.16. The van der Waals surface area contributed by atoms with Gasteiger partial charge in [-0.05, 0) is 42.7 Å². The van der Waals surface area contributed by atoms with Crippen molar-refractivity contribution in [3.05, 3.63) is 87.5 Å². The number of benzene rings is 2. The Hall–Kier alpha value is -3.05. The van der Waals surface area contributed by atoms with Gasteiger partial charge in [0.15, 0.2) is 5.78 Å². The third-order valence-electron chi connectivity index (χ3n) is 5.24. The van der Waals surface area contributed by atoms with Gasteiger partial charge in [-0.2, -0.15) is 0 Å². The van der Waals surface area contributed by atoms with Crippen LogP contribution in [0.15, 0.2) is 59.4 Å². The number of fused-ring (bicyclic) bond motifs is 1. The molecule has 0 amide bonds. The number of aryl methyl sites for hydroxylation is 3. The second-order valence-electron chi connectivity index (χ2n) is 7.19. The normalized spacial score (nSPS) is 11.1. The highest BCUT2D eigenvalue weighted by atomic mass is 32.1. The molecule has 4 rings (SSSR count). The Bertz CT molecular complexity index is 1270. The number of nitrogens with zero attached hydrogens (tertiary/aromatic N) is 2. The zero-order valence-electron chi connectivity index (χ0n) is 16.7. The average molecular weight is 403 g/mol. The van der Waals surface area contributed by atoms with Crippen molar-refractivity contribution in [1.29, 1.82) is 0 Å². The van der Waals surface area contributed by atoms with Crippen molar-refractivity contribution >= 4 is 27.3 Å². The van der Waals surface area contributed by atoms with E-state index >= 15 is 0 Å². The first kappa shape index (κ1) is 19.3. The zero-order chi connectivity index (χ0) is 20.5. The molecule has 2 heterocycles. The van der Waals surface area contributed by atoms with Gasteiger partial charge in [-0.15, -0.1) is 11.3 Å². The van der Waals surface area contributed by atoms with Crippen LogP contribution in [0.3, 0.4) is 0 Å². The third kappa shape index (κ3) is 3.66. The quantitative estimate of drug-likeness (QED) is 0.432. The molecule has 5 heteroatoms. The van der Waals surface area contributed by atoms with Crippen LogP contribution in [-0.4, -0.2) is 15.3 Å². The summed E-state index contributed by atoms with van der Waals surface area (Å²) in [6.45, 7) is 5.96. The van der Waals surface area contributed by atoms with E-state index in [0.717, 1.165) is 26.4 Å². The molecule has 0 aliphatic heterocycles. The number of hydrogen-bond donors (Lipinski definition) is 0. The molecule has 0 saturated heterocycles. The molecule has 0 unspecified atom stereocenters. The molecule has 0 N–H and O–H groups in total. The van der Waals surface area contributed by atoms with Crippen molar-refractivity contribution in [1.82, 2.24) is 9.55 Å². The van der Waals surface area contributed by atoms with Crippen molar-refractivity contribution < 1.29 is 4.79 Å². The van der Waals surface area contributed by atoms with Gasteiger partial charge in [0.2, 0.25) is 0 Å². The molecular formula is C24H22N2O2S. The van der Waals surface area contributed by atoms with Gasteiger partial charge in [-0.1, -0.05) is 49.4 Å². The molecule has 0 aliphatic carbocycles. The Morgan fingerprint density at radius 2 is 1.79 bits per heavy atom. The summed E-state index contributed by atoms with van der Waals surface area (Å²) < 4.78 is 1.53. The first-order valence-electron chi connectivity index (χ1n) is 9.67. The molecule has 4 nitrogen and oxygen atoms in total. The smallest absolute Gasteiger partial charge is 0.262 e. The van der Waals surface area contributed by atoms with Gasteiger partial charge < -0.3 is 0 Å². The fourth-order valence-electron chi connectivity index (χ4n) is 3.39. The topological polar surface area (TPSA) is 52.0 Å². The SMILES string of the molecule is CCc1nc2sc(-c3ccccc3)cc2c(=O)n1CC(=O)c1ccc(C)c(C)c1. The highest BCUT2D eigenvalue weighted by Gasteiger charge is 2.17. The van der Waals surface area contributed by atoms with Gasteiger partial charge >= 0.3 is 0 Å². The van der Waals surface area contributed by atoms with Crippen molar-refractivity contribution in [2.45, 2.75) is 33.7 Å². The second kappa shape index (κ2) is 7.76. The van der Waals surface area contributed by atoms with Crippen LogP contribution in [0, 0.1) is 13.8 Å². The number of rotatable bonds is 5. The molecular weight excluding hydrogens is 380 g/mol. The number of Topliss-reactive ketones (excluding diaryl/α,β-unsaturated/α-hetero) is 1. The van der Waals surface area contributed by atoms with Crippen LogP contribution in [0.2, 0.25) is 0 Å². The summed E-state index contributed by atoms with van der Waals surface area (Å²) in [5.74, 6) is 0.561. The lowest BCUT2D eigenvalue weighted by atomic mass is 10.0. The van der Waals surface area contributed by atoms with Gasteiger partial charge in [0.05, 0.1) is 11.9 Å². The molecule has 2 aromatic heterocycles. The largest absolute Gasteiger partial charge is 0.292 e. The summed E-state index contributed by atoms with van der Waals surface area (Å²) in [5.41, 5.74) is 3.74. The Morgan fingerprint density at radius 1 is 1.03 bits per heavy atom. The summed E-state index contributed by atoms with van der Waals surface area (Å²) >= 11 is 1.51. The molecule has 0 fully saturated rings. The molecule has 0 radical (unpaired) electrons. The van der Waals surface area contributed by atoms with Crippen LogP contribution in [0.1, 0.15) is 34.2 Å². The number of carbonyl (C=O) groups excluding carboxylic acids is 1. The van der Waals surface area contributed by atoms with E-state index in [1.54, 1.807) is 0 Å². The summed E-state index contributed by atoms with van der Waals surface area (Å²) in [6, 6.07) is 17.5. The maximum absolute atomic E-state index is 13.2. The fourth-order valence-corrected chi connectivity index (χ4v) is 4.43. The Balaban J connectivity index is 1.77. The maximum Gasteiger partial charge on any atom is 0.262 e. The van der Waals surface area contributed by atoms with E-state index in [1.165, 1.54) is 15.9 Å². The molecule has 0 bridgehead atoms. The highest BCUT2D eigenvalue weighted by Crippen LogP contribution is 2.31. The van der Waals surface area contributed by atoms with Crippen molar-refractivity contribution in [3.8, 4) is 10.4 Å². The number of ketones is 1. The van der Waals surface area contributed by atoms with Crippen LogP contribution in [0.5, 0.6) is 0 Å². The molecule has 2 aromatic carbocycles. The molecule has 4 aromatic rings. The lowest BCUT2D eigenvalue weighted by molar-refractivity contribution is 0.0969. The van der Waals surface area contributed by atoms with Crippen LogP contribution in [0.25, 0.3) is 20.7 Å². The van der Waals surface area contributed by atoms with Gasteiger partial charge in [0.1, 0.15) is 10.7 Å². The van der Waals surface area contributed by atoms with Gasteiger partial charge in [-0.25, -0.2) is 4.98 Å². The molecule has 0 spiro atoms. The summed E-state index contributed by atoms with van der Waals surface area (Å²) in [5, 5.41) is 0.568. The molecule has 0 atom stereocenters. The van der Waals surface area contributed by atoms with E-state index in [1.807, 2.05) is 75.4 Å². The molecule has 0 aliphatic rings. The van der Waals surface area contributed by atoms with Gasteiger partial charge in [0, 0.05) is 16.9 Å². The lowest BCUT2D eigenvalue weighted by Gasteiger charge is -2.11. The van der Waals surface area contributed by atoms with Crippen LogP contribution in [0.4, 0.5) is 0 Å². The van der Waals surface area contributed by atoms with E-state index in [4.69, 9.17) is 4.98 Å². The first-order valence-corrected chi connectivity index (χ1v) is 10.5. The Labute approximate surface area is 173 Å². The minimum atomic E-state index is -0.150. The second-order valence-corrected chi connectivity index (χ2v) is 8.22. The zero-order valence-corrected chi connectivity index (χ0v) is 17.5. The summed E-state index contributed by atoms with van der Waals surface area (Å²) in [7, 11) is 0. The number of aromatic nitrogens is 2. The molecule has 146 valence electrons. The van der Waals surface area contributed by atoms with Gasteiger partial charge in [0.25, 0.3) is 5.56 Å². The van der Waals surface area contributed by atoms with Crippen LogP contribution < -0.4 is 5.56 Å². The lowest BCUT2D eigenvalue weighted by Crippen LogP contribution is -2.28.